The summed E-state index contributed by atoms with van der Waals surface area (Å²) in [4.78, 5) is 33.1. The van der Waals surface area contributed by atoms with Gasteiger partial charge in [0.25, 0.3) is 0 Å². The SMILES string of the molecule is COC(=O)N[C@H]1CCC[C@@H]1[C@](CN1CCC1)(c1cccc(F)c1)C1CCN(CC2(O)CN(c3ccc(S(=O)(=O)C4CCN(C(C)=O)CC4)cc3)C2)CC1. The number of anilines is 1. The number of alkyl carbamates (subject to hydrolysis) is 1. The number of carbonyl (C=O) groups excluding carboxylic acids is 2. The third kappa shape index (κ3) is 7.81. The maximum atomic E-state index is 15.0. The highest BCUT2D eigenvalue weighted by atomic mass is 32.2. The van der Waals surface area contributed by atoms with Gasteiger partial charge in [0, 0.05) is 63.3 Å². The van der Waals surface area contributed by atoms with Gasteiger partial charge in [0.2, 0.25) is 5.91 Å². The number of sulfone groups is 1. The van der Waals surface area contributed by atoms with Crippen molar-refractivity contribution in [2.75, 3.05) is 77.5 Å². The van der Waals surface area contributed by atoms with Crippen LogP contribution in [0, 0.1) is 17.7 Å². The van der Waals surface area contributed by atoms with E-state index in [1.807, 2.05) is 18.2 Å². The van der Waals surface area contributed by atoms with Crippen molar-refractivity contribution in [3.8, 4) is 0 Å². The van der Waals surface area contributed by atoms with E-state index in [2.05, 4.69) is 26.1 Å². The highest BCUT2D eigenvalue weighted by Crippen LogP contribution is 2.51. The van der Waals surface area contributed by atoms with Gasteiger partial charge >= 0.3 is 6.09 Å². The fourth-order valence-electron chi connectivity index (χ4n) is 10.2. The van der Waals surface area contributed by atoms with E-state index in [9.17, 15) is 27.5 Å². The number of β-amino-alcohol motifs (C(OH)–C–C–N with tert-alkyl or cyclic N) is 1. The highest BCUT2D eigenvalue weighted by Gasteiger charge is 2.53. The number of rotatable bonds is 11. The average Bonchev–Trinajstić information content (AvgIpc) is 3.59. The van der Waals surface area contributed by atoms with Gasteiger partial charge in [-0.2, -0.15) is 0 Å². The first-order valence-corrected chi connectivity index (χ1v) is 21.1. The van der Waals surface area contributed by atoms with Gasteiger partial charge in [-0.1, -0.05) is 18.6 Å². The number of benzene rings is 2. The van der Waals surface area contributed by atoms with E-state index < -0.39 is 26.8 Å². The molecule has 0 unspecified atom stereocenters. The van der Waals surface area contributed by atoms with E-state index in [4.69, 9.17) is 4.74 Å². The molecule has 0 bridgehead atoms. The molecule has 2 aromatic rings. The fraction of sp³-hybridized carbons (Fsp3) is 0.650. The third-order valence-corrected chi connectivity index (χ3v) is 15.4. The maximum Gasteiger partial charge on any atom is 0.407 e. The van der Waals surface area contributed by atoms with Crippen molar-refractivity contribution in [3.05, 3.63) is 59.9 Å². The second-order valence-corrected chi connectivity index (χ2v) is 18.6. The van der Waals surface area contributed by atoms with Crippen LogP contribution in [0.25, 0.3) is 0 Å². The number of methoxy groups -OCH3 is 1. The molecule has 13 heteroatoms. The van der Waals surface area contributed by atoms with E-state index >= 15 is 0 Å². The first kappa shape index (κ1) is 38.0. The minimum Gasteiger partial charge on any atom is -0.453 e. The molecule has 2 amide bonds. The third-order valence-electron chi connectivity index (χ3n) is 13.1. The molecule has 0 aromatic heterocycles. The lowest BCUT2D eigenvalue weighted by atomic mass is 9.57. The quantitative estimate of drug-likeness (QED) is 0.350. The number of ether oxygens (including phenoxy) is 1. The Hall–Kier alpha value is -3.26. The fourth-order valence-corrected chi connectivity index (χ4v) is 12.0. The summed E-state index contributed by atoms with van der Waals surface area (Å²) < 4.78 is 46.7. The lowest BCUT2D eigenvalue weighted by Gasteiger charge is -2.55. The van der Waals surface area contributed by atoms with Crippen LogP contribution in [0.5, 0.6) is 0 Å². The molecule has 1 aliphatic carbocycles. The van der Waals surface area contributed by atoms with Crippen molar-refractivity contribution in [2.24, 2.45) is 11.8 Å². The molecule has 0 radical (unpaired) electrons. The van der Waals surface area contributed by atoms with Gasteiger partial charge in [0.05, 0.1) is 17.3 Å². The second kappa shape index (κ2) is 15.5. The Morgan fingerprint density at radius 3 is 2.23 bits per heavy atom. The van der Waals surface area contributed by atoms with Crippen LogP contribution < -0.4 is 10.2 Å². The Kier molecular flexibility index (Phi) is 11.1. The number of amides is 2. The van der Waals surface area contributed by atoms with Gasteiger partial charge in [-0.15, -0.1) is 0 Å². The van der Waals surface area contributed by atoms with Crippen LogP contribution in [0.4, 0.5) is 14.9 Å². The molecule has 4 aliphatic heterocycles. The molecule has 0 spiro atoms. The van der Waals surface area contributed by atoms with Crippen molar-refractivity contribution < 1.29 is 32.2 Å². The lowest BCUT2D eigenvalue weighted by molar-refractivity contribution is -0.129. The number of aliphatic hydroxyl groups is 1. The van der Waals surface area contributed by atoms with Gasteiger partial charge in [-0.3, -0.25) is 4.79 Å². The van der Waals surface area contributed by atoms with E-state index in [0.717, 1.165) is 82.5 Å². The summed E-state index contributed by atoms with van der Waals surface area (Å²) in [7, 11) is -2.10. The van der Waals surface area contributed by atoms with Crippen LogP contribution in [0.15, 0.2) is 53.4 Å². The van der Waals surface area contributed by atoms with Gasteiger partial charge in [0.15, 0.2) is 9.84 Å². The molecule has 3 atom stereocenters. The van der Waals surface area contributed by atoms with Gasteiger partial charge in [-0.05, 0) is 125 Å². The van der Waals surface area contributed by atoms with Crippen molar-refractivity contribution in [1.29, 1.82) is 0 Å². The molecule has 1 saturated carbocycles. The molecule has 290 valence electrons. The molecular weight excluding hydrogens is 698 g/mol. The number of carbonyl (C=O) groups is 2. The number of piperidine rings is 2. The number of hydrogen-bond donors (Lipinski definition) is 2. The highest BCUT2D eigenvalue weighted by molar-refractivity contribution is 7.92. The maximum absolute atomic E-state index is 15.0. The van der Waals surface area contributed by atoms with E-state index in [-0.39, 0.29) is 35.0 Å². The zero-order valence-corrected chi connectivity index (χ0v) is 32.0. The standard InChI is InChI=1S/C40H56FN5O6S/c1-29(47)45-22-16-35(17-23-45)53(50,51)34-12-10-33(11-13-34)46-26-39(49,27-46)25-44-20-14-30(15-21-44)40(28-43-18-5-19-43,31-6-3-7-32(41)24-31)36-8-4-9-37(36)42-38(48)52-2/h3,6-7,10-13,24,30,35-37,49H,4-5,8-9,14-23,25-28H2,1-2H3,(H,42,48)/t36-,37-,40-/m0/s1. The summed E-state index contributed by atoms with van der Waals surface area (Å²) in [6, 6.07) is 14.1. The van der Waals surface area contributed by atoms with Crippen LogP contribution in [0.2, 0.25) is 0 Å². The van der Waals surface area contributed by atoms with Crippen molar-refractivity contribution >= 4 is 27.5 Å². The molecule has 4 heterocycles. The number of halogens is 1. The molecule has 5 fully saturated rings. The molecular formula is C40H56FN5O6S. The summed E-state index contributed by atoms with van der Waals surface area (Å²) in [6.45, 7) is 8.47. The average molecular weight is 754 g/mol. The summed E-state index contributed by atoms with van der Waals surface area (Å²) >= 11 is 0. The van der Waals surface area contributed by atoms with Crippen LogP contribution >= 0.6 is 0 Å². The number of nitrogens with one attached hydrogen (secondary N) is 1. The Balaban J connectivity index is 0.998. The predicted molar refractivity (Wildman–Crippen MR) is 201 cm³/mol. The van der Waals surface area contributed by atoms with Crippen LogP contribution in [0.3, 0.4) is 0 Å². The van der Waals surface area contributed by atoms with E-state index in [0.29, 0.717) is 50.5 Å². The van der Waals surface area contributed by atoms with Crippen molar-refractivity contribution in [1.82, 2.24) is 20.0 Å². The normalized spacial score (nSPS) is 25.7. The number of nitrogens with zero attached hydrogens (tertiary/aromatic N) is 4. The smallest absolute Gasteiger partial charge is 0.407 e. The first-order chi connectivity index (χ1) is 25.4. The molecule has 4 saturated heterocycles. The summed E-state index contributed by atoms with van der Waals surface area (Å²) in [5.41, 5.74) is 0.695. The first-order valence-electron chi connectivity index (χ1n) is 19.5. The minimum atomic E-state index is -3.50. The number of hydrogen-bond acceptors (Lipinski definition) is 9. The summed E-state index contributed by atoms with van der Waals surface area (Å²) in [5.74, 6) is 0.164. The minimum absolute atomic E-state index is 0.0199. The van der Waals surface area contributed by atoms with Crippen LogP contribution in [0.1, 0.15) is 63.9 Å². The molecule has 53 heavy (non-hydrogen) atoms. The lowest BCUT2D eigenvalue weighted by Crippen LogP contribution is -2.67. The topological polar surface area (TPSA) is 123 Å². The summed E-state index contributed by atoms with van der Waals surface area (Å²) in [5, 5.41) is 14.3. The van der Waals surface area contributed by atoms with Crippen molar-refractivity contribution in [2.45, 2.75) is 85.5 Å². The van der Waals surface area contributed by atoms with E-state index in [1.54, 1.807) is 23.1 Å². The Bertz CT molecular complexity index is 1720. The Labute approximate surface area is 313 Å². The summed E-state index contributed by atoms with van der Waals surface area (Å²) in [6.07, 6.45) is 6.29. The van der Waals surface area contributed by atoms with E-state index in [1.165, 1.54) is 20.1 Å². The zero-order chi connectivity index (χ0) is 37.4. The monoisotopic (exact) mass is 753 g/mol. The molecule has 2 N–H and O–H groups in total. The second-order valence-electron chi connectivity index (χ2n) is 16.3. The van der Waals surface area contributed by atoms with Crippen LogP contribution in [-0.2, 0) is 24.8 Å². The number of likely N-dealkylation sites (tertiary alicyclic amines) is 3. The van der Waals surface area contributed by atoms with Gasteiger partial charge in [-0.25, -0.2) is 17.6 Å². The molecule has 7 rings (SSSR count). The largest absolute Gasteiger partial charge is 0.453 e. The molecule has 2 aromatic carbocycles. The van der Waals surface area contributed by atoms with Crippen molar-refractivity contribution in [3.63, 3.8) is 0 Å². The predicted octanol–water partition coefficient (Wildman–Crippen LogP) is 4.04. The molecule has 5 aliphatic rings. The Morgan fingerprint density at radius 1 is 0.925 bits per heavy atom. The van der Waals surface area contributed by atoms with Gasteiger partial charge < -0.3 is 34.8 Å². The van der Waals surface area contributed by atoms with Crippen LogP contribution in [-0.4, -0.2) is 130 Å². The molecule has 11 nitrogen and oxygen atoms in total. The Morgan fingerprint density at radius 2 is 1.62 bits per heavy atom. The van der Waals surface area contributed by atoms with Gasteiger partial charge in [0.1, 0.15) is 11.4 Å². The zero-order valence-electron chi connectivity index (χ0n) is 31.2.